The molecule has 0 aromatic carbocycles. The SMILES string of the molecule is C[N+](C)(CCCCCCO)CCCC[N+](C)(C)CCCCCCO. The van der Waals surface area contributed by atoms with Crippen LogP contribution in [0.1, 0.15) is 64.2 Å². The lowest BCUT2D eigenvalue weighted by atomic mass is 10.1. The molecule has 0 radical (unpaired) electrons. The summed E-state index contributed by atoms with van der Waals surface area (Å²) >= 11 is 0. The van der Waals surface area contributed by atoms with E-state index in [4.69, 9.17) is 10.2 Å². The number of aliphatic hydroxyl groups is 2. The summed E-state index contributed by atoms with van der Waals surface area (Å²) in [4.78, 5) is 0. The van der Waals surface area contributed by atoms with Crippen LogP contribution in [0.5, 0.6) is 0 Å². The highest BCUT2D eigenvalue weighted by molar-refractivity contribution is 4.46. The van der Waals surface area contributed by atoms with Crippen LogP contribution in [0.15, 0.2) is 0 Å². The Balaban J connectivity index is 3.69. The molecule has 0 rings (SSSR count). The van der Waals surface area contributed by atoms with Crippen molar-refractivity contribution in [2.24, 2.45) is 0 Å². The highest BCUT2D eigenvalue weighted by Gasteiger charge is 2.17. The Labute approximate surface area is 151 Å². The first-order valence-electron chi connectivity index (χ1n) is 10.2. The van der Waals surface area contributed by atoms with E-state index in [0.717, 1.165) is 21.8 Å². The van der Waals surface area contributed by atoms with Gasteiger partial charge in [0, 0.05) is 26.1 Å². The molecule has 0 saturated heterocycles. The largest absolute Gasteiger partial charge is 0.396 e. The summed E-state index contributed by atoms with van der Waals surface area (Å²) in [5.74, 6) is 0. The number of unbranched alkanes of at least 4 members (excludes halogenated alkanes) is 7. The third kappa shape index (κ3) is 15.4. The molecule has 0 saturated carbocycles. The van der Waals surface area contributed by atoms with Crippen LogP contribution >= 0.6 is 0 Å². The number of nitrogens with zero attached hydrogens (tertiary/aromatic N) is 2. The second-order valence-electron chi connectivity index (χ2n) is 8.75. The third-order valence-electron chi connectivity index (χ3n) is 5.12. The average Bonchev–Trinajstić information content (AvgIpc) is 2.51. The zero-order valence-corrected chi connectivity index (χ0v) is 17.1. The lowest BCUT2D eigenvalue weighted by Gasteiger charge is -2.32. The summed E-state index contributed by atoms with van der Waals surface area (Å²) in [7, 11) is 9.42. The van der Waals surface area contributed by atoms with E-state index >= 15 is 0 Å². The maximum atomic E-state index is 8.81. The van der Waals surface area contributed by atoms with E-state index in [9.17, 15) is 0 Å². The zero-order valence-electron chi connectivity index (χ0n) is 17.1. The number of rotatable bonds is 17. The van der Waals surface area contributed by atoms with Crippen LogP contribution in [0.2, 0.25) is 0 Å². The van der Waals surface area contributed by atoms with Crippen molar-refractivity contribution in [3.8, 4) is 0 Å². The summed E-state index contributed by atoms with van der Waals surface area (Å²) in [6, 6.07) is 0. The van der Waals surface area contributed by atoms with Gasteiger partial charge < -0.3 is 19.2 Å². The standard InChI is InChI=1S/C20H46N2O2/c1-21(2,15-9-5-7-13-19-23)17-11-12-18-22(3,4)16-10-6-8-14-20-24/h23-24H,5-20H2,1-4H3/q+2. The maximum Gasteiger partial charge on any atom is 0.0784 e. The maximum absolute atomic E-state index is 8.81. The van der Waals surface area contributed by atoms with Gasteiger partial charge in [0.05, 0.1) is 54.4 Å². The minimum absolute atomic E-state index is 0.341. The van der Waals surface area contributed by atoms with Gasteiger partial charge >= 0.3 is 0 Å². The van der Waals surface area contributed by atoms with Gasteiger partial charge in [0.25, 0.3) is 0 Å². The van der Waals surface area contributed by atoms with Crippen molar-refractivity contribution in [3.63, 3.8) is 0 Å². The van der Waals surface area contributed by atoms with E-state index in [-0.39, 0.29) is 0 Å². The number of aliphatic hydroxyl groups excluding tert-OH is 2. The molecule has 0 unspecified atom stereocenters. The van der Waals surface area contributed by atoms with Gasteiger partial charge in [0.1, 0.15) is 0 Å². The molecule has 2 N–H and O–H groups in total. The van der Waals surface area contributed by atoms with E-state index in [1.54, 1.807) is 0 Å². The van der Waals surface area contributed by atoms with Gasteiger partial charge in [-0.25, -0.2) is 0 Å². The molecule has 24 heavy (non-hydrogen) atoms. The van der Waals surface area contributed by atoms with Crippen molar-refractivity contribution >= 4 is 0 Å². The first-order chi connectivity index (χ1) is 11.3. The molecular weight excluding hydrogens is 300 g/mol. The Morgan fingerprint density at radius 2 is 0.667 bits per heavy atom. The Hall–Kier alpha value is -0.160. The number of quaternary nitrogens is 2. The van der Waals surface area contributed by atoms with Gasteiger partial charge in [-0.15, -0.1) is 0 Å². The van der Waals surface area contributed by atoms with E-state index in [1.807, 2.05) is 0 Å². The molecule has 4 heteroatoms. The zero-order chi connectivity index (χ0) is 18.3. The van der Waals surface area contributed by atoms with Crippen LogP contribution in [0, 0.1) is 0 Å². The summed E-state index contributed by atoms with van der Waals surface area (Å²) in [5, 5.41) is 17.6. The number of hydrogen-bond acceptors (Lipinski definition) is 2. The quantitative estimate of drug-likeness (QED) is 0.314. The molecule has 0 aromatic heterocycles. The van der Waals surface area contributed by atoms with Gasteiger partial charge in [-0.1, -0.05) is 12.8 Å². The minimum atomic E-state index is 0.341. The molecule has 0 amide bonds. The Morgan fingerprint density at radius 3 is 0.958 bits per heavy atom. The first kappa shape index (κ1) is 23.8. The topological polar surface area (TPSA) is 40.5 Å². The molecule has 0 heterocycles. The Bertz CT molecular complexity index is 253. The lowest BCUT2D eigenvalue weighted by Crippen LogP contribution is -2.43. The summed E-state index contributed by atoms with van der Waals surface area (Å²) in [6.45, 7) is 5.75. The molecule has 0 aliphatic carbocycles. The second kappa shape index (κ2) is 14.1. The molecule has 0 aromatic rings. The second-order valence-corrected chi connectivity index (χ2v) is 8.75. The van der Waals surface area contributed by atoms with Crippen molar-refractivity contribution in [2.75, 3.05) is 67.6 Å². The average molecular weight is 347 g/mol. The van der Waals surface area contributed by atoms with E-state index in [0.29, 0.717) is 13.2 Å². The molecule has 0 aliphatic rings. The highest BCUT2D eigenvalue weighted by Crippen LogP contribution is 2.10. The molecule has 0 atom stereocenters. The minimum Gasteiger partial charge on any atom is -0.396 e. The van der Waals surface area contributed by atoms with Crippen LogP contribution in [0.25, 0.3) is 0 Å². The van der Waals surface area contributed by atoms with Gasteiger partial charge in [-0.05, 0) is 38.5 Å². The Morgan fingerprint density at radius 1 is 0.417 bits per heavy atom. The van der Waals surface area contributed by atoms with Crippen LogP contribution in [-0.2, 0) is 0 Å². The first-order valence-corrected chi connectivity index (χ1v) is 10.2. The van der Waals surface area contributed by atoms with Crippen molar-refractivity contribution in [1.29, 1.82) is 0 Å². The normalized spacial score (nSPS) is 12.8. The van der Waals surface area contributed by atoms with Crippen molar-refractivity contribution in [1.82, 2.24) is 0 Å². The summed E-state index contributed by atoms with van der Waals surface area (Å²) in [6.07, 6.45) is 11.9. The fourth-order valence-electron chi connectivity index (χ4n) is 3.31. The Kier molecular flexibility index (Phi) is 14.0. The monoisotopic (exact) mass is 346 g/mol. The summed E-state index contributed by atoms with van der Waals surface area (Å²) < 4.78 is 2.27. The third-order valence-corrected chi connectivity index (χ3v) is 5.12. The predicted molar refractivity (Wildman–Crippen MR) is 104 cm³/mol. The molecule has 0 spiro atoms. The molecule has 0 bridgehead atoms. The fraction of sp³-hybridized carbons (Fsp3) is 1.00. The van der Waals surface area contributed by atoms with Crippen molar-refractivity contribution in [3.05, 3.63) is 0 Å². The molecular formula is C20H46N2O2+2. The van der Waals surface area contributed by atoms with E-state index in [1.165, 1.54) is 77.5 Å². The van der Waals surface area contributed by atoms with Crippen LogP contribution in [-0.4, -0.2) is 86.8 Å². The van der Waals surface area contributed by atoms with Crippen LogP contribution in [0.3, 0.4) is 0 Å². The lowest BCUT2D eigenvalue weighted by molar-refractivity contribution is -0.897. The van der Waals surface area contributed by atoms with Gasteiger partial charge in [-0.3, -0.25) is 0 Å². The smallest absolute Gasteiger partial charge is 0.0784 e. The van der Waals surface area contributed by atoms with Crippen LogP contribution in [0.4, 0.5) is 0 Å². The van der Waals surface area contributed by atoms with E-state index in [2.05, 4.69) is 28.2 Å². The molecule has 0 aliphatic heterocycles. The highest BCUT2D eigenvalue weighted by atomic mass is 16.3. The number of hydrogen-bond donors (Lipinski definition) is 2. The predicted octanol–water partition coefficient (Wildman–Crippen LogP) is 3.02. The molecule has 4 nitrogen and oxygen atoms in total. The van der Waals surface area contributed by atoms with E-state index < -0.39 is 0 Å². The van der Waals surface area contributed by atoms with Crippen LogP contribution < -0.4 is 0 Å². The van der Waals surface area contributed by atoms with Crippen molar-refractivity contribution < 1.29 is 19.2 Å². The molecule has 146 valence electrons. The molecule has 0 fully saturated rings. The fourth-order valence-corrected chi connectivity index (χ4v) is 3.31. The van der Waals surface area contributed by atoms with Gasteiger partial charge in [-0.2, -0.15) is 0 Å². The summed E-state index contributed by atoms with van der Waals surface area (Å²) in [5.41, 5.74) is 0. The van der Waals surface area contributed by atoms with Crippen molar-refractivity contribution in [2.45, 2.75) is 64.2 Å². The van der Waals surface area contributed by atoms with Gasteiger partial charge in [0.15, 0.2) is 0 Å². The van der Waals surface area contributed by atoms with Gasteiger partial charge in [0.2, 0.25) is 0 Å².